The van der Waals surface area contributed by atoms with Gasteiger partial charge in [0, 0.05) is 12.8 Å². The van der Waals surface area contributed by atoms with Gasteiger partial charge in [-0.2, -0.15) is 0 Å². The summed E-state index contributed by atoms with van der Waals surface area (Å²) in [4.78, 5) is 0. The van der Waals surface area contributed by atoms with Crippen molar-refractivity contribution in [2.75, 3.05) is 26.4 Å². The van der Waals surface area contributed by atoms with Crippen LogP contribution in [0.4, 0.5) is 17.6 Å². The van der Waals surface area contributed by atoms with E-state index in [9.17, 15) is 17.6 Å². The summed E-state index contributed by atoms with van der Waals surface area (Å²) in [6.07, 6.45) is -1.84. The van der Waals surface area contributed by atoms with E-state index in [2.05, 4.69) is 14.2 Å². The molecule has 2 aliphatic heterocycles. The third kappa shape index (κ3) is 5.18. The molecule has 17 heavy (non-hydrogen) atoms. The third-order valence-corrected chi connectivity index (χ3v) is 2.48. The monoisotopic (exact) mass is 258 g/mol. The van der Waals surface area contributed by atoms with Crippen LogP contribution in [0.2, 0.25) is 0 Å². The smallest absolute Gasteiger partial charge is 0.273 e. The van der Waals surface area contributed by atoms with Gasteiger partial charge in [-0.15, -0.1) is 0 Å². The van der Waals surface area contributed by atoms with Gasteiger partial charge in [0.25, 0.3) is 11.8 Å². The third-order valence-electron chi connectivity index (χ3n) is 2.48. The molecule has 0 saturated carbocycles. The Kier molecular flexibility index (Phi) is 3.61. The van der Waals surface area contributed by atoms with Crippen molar-refractivity contribution < 1.29 is 31.8 Å². The molecule has 0 aliphatic carbocycles. The molecule has 2 unspecified atom stereocenters. The van der Waals surface area contributed by atoms with E-state index >= 15 is 0 Å². The Labute approximate surface area is 96.0 Å². The molecule has 7 heteroatoms. The zero-order valence-electron chi connectivity index (χ0n) is 9.13. The second-order valence-electron chi connectivity index (χ2n) is 4.52. The molecule has 0 aromatic rings. The van der Waals surface area contributed by atoms with Crippen LogP contribution >= 0.6 is 0 Å². The van der Waals surface area contributed by atoms with Gasteiger partial charge in [-0.3, -0.25) is 0 Å². The fraction of sp³-hybridized carbons (Fsp3) is 1.00. The Morgan fingerprint density at radius 2 is 1.24 bits per heavy atom. The summed E-state index contributed by atoms with van der Waals surface area (Å²) < 4.78 is 66.1. The first-order chi connectivity index (χ1) is 7.86. The molecule has 2 fully saturated rings. The Bertz CT molecular complexity index is 238. The SMILES string of the molecule is FC(F)(COCC(F)(F)CC1CO1)CC1CO1. The molecular formula is C10H14F4O3. The maximum atomic E-state index is 13.1. The molecule has 100 valence electrons. The zero-order valence-corrected chi connectivity index (χ0v) is 9.13. The average molecular weight is 258 g/mol. The van der Waals surface area contributed by atoms with E-state index in [1.807, 2.05) is 0 Å². The molecule has 2 rings (SSSR count). The maximum Gasteiger partial charge on any atom is 0.273 e. The first-order valence-electron chi connectivity index (χ1n) is 5.43. The van der Waals surface area contributed by atoms with Crippen LogP contribution in [0.1, 0.15) is 12.8 Å². The van der Waals surface area contributed by atoms with E-state index in [0.29, 0.717) is 13.2 Å². The quantitative estimate of drug-likeness (QED) is 0.492. The predicted octanol–water partition coefficient (Wildman–Crippen LogP) is 1.85. The first kappa shape index (κ1) is 13.0. The van der Waals surface area contributed by atoms with Crippen molar-refractivity contribution >= 4 is 0 Å². The topological polar surface area (TPSA) is 34.3 Å². The lowest BCUT2D eigenvalue weighted by Crippen LogP contribution is -2.31. The van der Waals surface area contributed by atoms with Crippen molar-refractivity contribution in [3.63, 3.8) is 0 Å². The van der Waals surface area contributed by atoms with Crippen molar-refractivity contribution in [3.8, 4) is 0 Å². The maximum absolute atomic E-state index is 13.1. The summed E-state index contributed by atoms with van der Waals surface area (Å²) in [5.74, 6) is -6.21. The lowest BCUT2D eigenvalue weighted by atomic mass is 10.2. The fourth-order valence-electron chi connectivity index (χ4n) is 1.51. The van der Waals surface area contributed by atoms with Crippen LogP contribution in [0.15, 0.2) is 0 Å². The van der Waals surface area contributed by atoms with Gasteiger partial charge >= 0.3 is 0 Å². The molecule has 0 spiro atoms. The lowest BCUT2D eigenvalue weighted by molar-refractivity contribution is -0.136. The minimum atomic E-state index is -3.10. The van der Waals surface area contributed by atoms with E-state index in [0.717, 1.165) is 0 Å². The summed E-state index contributed by atoms with van der Waals surface area (Å²) in [6.45, 7) is -1.36. The van der Waals surface area contributed by atoms with Crippen molar-refractivity contribution in [1.29, 1.82) is 0 Å². The van der Waals surface area contributed by atoms with Gasteiger partial charge in [0.1, 0.15) is 13.2 Å². The summed E-state index contributed by atoms with van der Waals surface area (Å²) in [5.41, 5.74) is 0. The Morgan fingerprint density at radius 1 is 0.882 bits per heavy atom. The highest BCUT2D eigenvalue weighted by molar-refractivity contribution is 4.81. The lowest BCUT2D eigenvalue weighted by Gasteiger charge is -2.19. The average Bonchev–Trinajstić information content (AvgIpc) is 2.99. The molecule has 0 bridgehead atoms. The van der Waals surface area contributed by atoms with E-state index in [1.165, 1.54) is 0 Å². The van der Waals surface area contributed by atoms with Gasteiger partial charge in [-0.25, -0.2) is 17.6 Å². The van der Waals surface area contributed by atoms with Gasteiger partial charge in [0.15, 0.2) is 0 Å². The number of rotatable bonds is 8. The Balaban J connectivity index is 1.62. The van der Waals surface area contributed by atoms with E-state index in [4.69, 9.17) is 0 Å². The number of ether oxygens (including phenoxy) is 3. The van der Waals surface area contributed by atoms with Gasteiger partial charge in [-0.1, -0.05) is 0 Å². The van der Waals surface area contributed by atoms with Gasteiger partial charge < -0.3 is 14.2 Å². The van der Waals surface area contributed by atoms with Crippen molar-refractivity contribution in [2.45, 2.75) is 36.9 Å². The number of hydrogen-bond acceptors (Lipinski definition) is 3. The molecule has 2 atom stereocenters. The standard InChI is InChI=1S/C10H14F4O3/c11-9(12,1-7-3-16-7)5-15-6-10(13,14)2-8-4-17-8/h7-8H,1-6H2. The molecule has 2 aliphatic rings. The predicted molar refractivity (Wildman–Crippen MR) is 49.4 cm³/mol. The molecule has 3 nitrogen and oxygen atoms in total. The molecule has 0 N–H and O–H groups in total. The highest BCUT2D eigenvalue weighted by Gasteiger charge is 2.41. The number of epoxide rings is 2. The van der Waals surface area contributed by atoms with Crippen LogP contribution in [0, 0.1) is 0 Å². The van der Waals surface area contributed by atoms with Gasteiger partial charge in [0.2, 0.25) is 0 Å². The fourth-order valence-corrected chi connectivity index (χ4v) is 1.51. The minimum absolute atomic E-state index is 0.310. The van der Waals surface area contributed by atoms with Crippen molar-refractivity contribution in [3.05, 3.63) is 0 Å². The Morgan fingerprint density at radius 3 is 1.53 bits per heavy atom. The highest BCUT2D eigenvalue weighted by Crippen LogP contribution is 2.30. The summed E-state index contributed by atoms with van der Waals surface area (Å²) in [6, 6.07) is 0. The first-order valence-corrected chi connectivity index (χ1v) is 5.43. The summed E-state index contributed by atoms with van der Waals surface area (Å²) in [5, 5.41) is 0. The highest BCUT2D eigenvalue weighted by atomic mass is 19.3. The van der Waals surface area contributed by atoms with Gasteiger partial charge in [0.05, 0.1) is 25.4 Å². The van der Waals surface area contributed by atoms with Crippen LogP contribution in [-0.4, -0.2) is 50.5 Å². The van der Waals surface area contributed by atoms with Gasteiger partial charge in [-0.05, 0) is 0 Å². The minimum Gasteiger partial charge on any atom is -0.373 e. The van der Waals surface area contributed by atoms with E-state index in [1.54, 1.807) is 0 Å². The number of halogens is 4. The molecular weight excluding hydrogens is 244 g/mol. The molecule has 2 saturated heterocycles. The van der Waals surface area contributed by atoms with Crippen molar-refractivity contribution in [1.82, 2.24) is 0 Å². The molecule has 0 amide bonds. The molecule has 0 aromatic heterocycles. The second-order valence-corrected chi connectivity index (χ2v) is 4.52. The van der Waals surface area contributed by atoms with Crippen LogP contribution < -0.4 is 0 Å². The molecule has 0 radical (unpaired) electrons. The Hall–Kier alpha value is -0.400. The summed E-state index contributed by atoms with van der Waals surface area (Å²) in [7, 11) is 0. The van der Waals surface area contributed by atoms with E-state index < -0.39 is 50.1 Å². The van der Waals surface area contributed by atoms with Crippen LogP contribution in [0.3, 0.4) is 0 Å². The summed E-state index contributed by atoms with van der Waals surface area (Å²) >= 11 is 0. The van der Waals surface area contributed by atoms with Crippen LogP contribution in [-0.2, 0) is 14.2 Å². The normalized spacial score (nSPS) is 28.2. The number of alkyl halides is 4. The van der Waals surface area contributed by atoms with E-state index in [-0.39, 0.29) is 0 Å². The second kappa shape index (κ2) is 4.70. The van der Waals surface area contributed by atoms with Crippen molar-refractivity contribution in [2.24, 2.45) is 0 Å². The molecule has 0 aromatic carbocycles. The zero-order chi connectivity index (χ0) is 12.5. The largest absolute Gasteiger partial charge is 0.373 e. The number of hydrogen-bond donors (Lipinski definition) is 0. The molecule has 2 heterocycles. The van der Waals surface area contributed by atoms with Crippen LogP contribution in [0.25, 0.3) is 0 Å². The van der Waals surface area contributed by atoms with Crippen LogP contribution in [0.5, 0.6) is 0 Å².